The van der Waals surface area contributed by atoms with Gasteiger partial charge in [0, 0.05) is 132 Å². The van der Waals surface area contributed by atoms with Crippen LogP contribution in [0.25, 0.3) is 219 Å². The molecule has 4 aromatic heterocycles. The third kappa shape index (κ3) is 14.7. The van der Waals surface area contributed by atoms with Gasteiger partial charge in [0.25, 0.3) is 0 Å². The number of hydrogen-bond donors (Lipinski definition) is 0. The topological polar surface area (TPSA) is 65.5 Å². The molecule has 8 heteroatoms. The number of rotatable bonds is 18. The Hall–Kier alpha value is -19.8. The van der Waals surface area contributed by atoms with Gasteiger partial charge >= 0.3 is 0 Å². The summed E-state index contributed by atoms with van der Waals surface area (Å²) in [5.74, 6) is 0. The van der Waals surface area contributed by atoms with Crippen LogP contribution in [0.1, 0.15) is 11.1 Å². The molecule has 30 rings (SSSR count). The summed E-state index contributed by atoms with van der Waals surface area (Å²) in [7, 11) is 0. The molecule has 0 atom stereocenters. The third-order valence-corrected chi connectivity index (χ3v) is 30.5. The fourth-order valence-electron chi connectivity index (χ4n) is 23.6. The van der Waals surface area contributed by atoms with E-state index in [-0.39, 0.29) is 0 Å². The number of fused-ring (bicyclic) bond motifs is 12. The molecule has 0 radical (unpaired) electrons. The van der Waals surface area contributed by atoms with E-state index in [0.29, 0.717) is 0 Å². The highest BCUT2D eigenvalue weighted by molar-refractivity contribution is 6.31. The van der Waals surface area contributed by atoms with Gasteiger partial charge in [-0.2, -0.15) is 0 Å². The van der Waals surface area contributed by atoms with Crippen LogP contribution in [0, 0.1) is 13.8 Å². The summed E-state index contributed by atoms with van der Waals surface area (Å²) in [6.07, 6.45) is 0. The first kappa shape index (κ1) is 86.8. The summed E-state index contributed by atoms with van der Waals surface area (Å²) in [5, 5.41) is 23.3. The van der Waals surface area contributed by atoms with Crippen molar-refractivity contribution in [2.75, 3.05) is 19.6 Å². The maximum atomic E-state index is 6.62. The van der Waals surface area contributed by atoms with Crippen LogP contribution in [0.15, 0.2) is 539 Å². The van der Waals surface area contributed by atoms with E-state index in [0.717, 1.165) is 211 Å². The Balaban J connectivity index is 0.000000142. The van der Waals surface area contributed by atoms with Crippen molar-refractivity contribution in [3.8, 4) is 66.8 Å². The fourth-order valence-corrected chi connectivity index (χ4v) is 23.6. The number of aryl methyl sites for hydroxylation is 2. The van der Waals surface area contributed by atoms with E-state index in [1.807, 2.05) is 24.3 Å². The van der Waals surface area contributed by atoms with E-state index in [1.54, 1.807) is 0 Å². The Labute approximate surface area is 865 Å². The fraction of sp³-hybridized carbons (Fsp3) is 0.0141. The summed E-state index contributed by atoms with van der Waals surface area (Å²) in [6.45, 7) is 4.34. The van der Waals surface area contributed by atoms with Crippen LogP contribution >= 0.6 is 0 Å². The van der Waals surface area contributed by atoms with E-state index in [9.17, 15) is 0 Å². The Morgan fingerprint density at radius 3 is 0.627 bits per heavy atom. The Morgan fingerprint density at radius 1 is 0.140 bits per heavy atom. The quantitative estimate of drug-likeness (QED) is 0.0788. The highest BCUT2D eigenvalue weighted by Crippen LogP contribution is 2.55. The molecule has 704 valence electrons. The van der Waals surface area contributed by atoms with Crippen molar-refractivity contribution in [2.45, 2.75) is 13.8 Å². The summed E-state index contributed by atoms with van der Waals surface area (Å²) in [5.41, 5.74) is 35.7. The highest BCUT2D eigenvalue weighted by Gasteiger charge is 2.29. The standard InChI is InChI=1S/C76H48N2O2.C66H44N2O2/c1-3-15-49(16-4-1)51-31-39-57(40-32-51)77(59-21-11-19-55(47-59)61-25-13-27-65-63-23-7-9-29-71(63)79-75(61)65)69-45-37-53-36-44-68-70(46-38-54-35-43-67(69)73(53)74(54)68)78(58-41-33-52(34-42-58)50-17-5-2-6-18-50)60-22-12-20-56(48-60)62-26-14-28-66-64-24-8-10-30-72(64)80-76(62)66;1-41-13-7-17-47(37-41)67(49-19-9-15-45(39-49)51-23-11-25-55-53-21-3-5-27-61(53)69-65(51)55)59-35-31-43-30-34-58-60(36-32-44-29-33-57(59)63(43)64(44)58)68(48-18-8-14-42(2)38-48)50-20-10-16-46(40-50)52-24-12-26-56-54-22-4-6-28-62(54)70-66(52)56/h1-48H;3-40H,1-2H3. The van der Waals surface area contributed by atoms with E-state index in [2.05, 4.69) is 531 Å². The van der Waals surface area contributed by atoms with E-state index >= 15 is 0 Å². The van der Waals surface area contributed by atoms with Gasteiger partial charge in [0.1, 0.15) is 44.7 Å². The van der Waals surface area contributed by atoms with Crippen molar-refractivity contribution in [1.82, 2.24) is 0 Å². The molecule has 0 fully saturated rings. The maximum Gasteiger partial charge on any atom is 0.143 e. The molecule has 0 aliphatic carbocycles. The zero-order valence-electron chi connectivity index (χ0n) is 82.1. The van der Waals surface area contributed by atoms with Crippen LogP contribution in [0.4, 0.5) is 68.2 Å². The molecule has 0 unspecified atom stereocenters. The minimum atomic E-state index is 0.887. The van der Waals surface area contributed by atoms with Gasteiger partial charge in [-0.15, -0.1) is 0 Å². The summed E-state index contributed by atoms with van der Waals surface area (Å²) >= 11 is 0. The van der Waals surface area contributed by atoms with E-state index in [4.69, 9.17) is 17.7 Å². The lowest BCUT2D eigenvalue weighted by molar-refractivity contribution is 0.669. The van der Waals surface area contributed by atoms with Crippen molar-refractivity contribution in [1.29, 1.82) is 0 Å². The van der Waals surface area contributed by atoms with Gasteiger partial charge in [0.15, 0.2) is 0 Å². The van der Waals surface area contributed by atoms with Gasteiger partial charge in [0.2, 0.25) is 0 Å². The molecule has 0 aliphatic heterocycles. The lowest BCUT2D eigenvalue weighted by atomic mass is 9.91. The predicted octanol–water partition coefficient (Wildman–Crippen LogP) is 41.3. The van der Waals surface area contributed by atoms with Gasteiger partial charge in [0.05, 0.1) is 22.7 Å². The maximum absolute atomic E-state index is 6.62. The average molecular weight is 1920 g/mol. The van der Waals surface area contributed by atoms with Gasteiger partial charge in [-0.3, -0.25) is 0 Å². The van der Waals surface area contributed by atoms with Crippen LogP contribution in [-0.2, 0) is 0 Å². The normalized spacial score (nSPS) is 11.8. The first-order chi connectivity index (χ1) is 74.2. The van der Waals surface area contributed by atoms with Crippen molar-refractivity contribution >= 4 is 221 Å². The molecule has 150 heavy (non-hydrogen) atoms. The molecule has 0 saturated heterocycles. The Bertz CT molecular complexity index is 9960. The lowest BCUT2D eigenvalue weighted by Crippen LogP contribution is -2.12. The third-order valence-electron chi connectivity index (χ3n) is 30.5. The van der Waals surface area contributed by atoms with Crippen LogP contribution in [0.3, 0.4) is 0 Å². The monoisotopic (exact) mass is 1920 g/mol. The number of nitrogens with zero attached hydrogens (tertiary/aromatic N) is 4. The SMILES string of the molecule is Cc1cccc(N(c2cccc(-c3cccc4c3oc3ccccc34)c2)c2ccc3ccc4c(N(c5cccc(C)c5)c5cccc(-c6cccc7c6oc6ccccc67)c5)ccc5ccc2c3c54)c1.c1ccc(-c2ccc(N(c3cccc(-c4cccc5c4oc4ccccc45)c3)c3ccc4ccc5c(N(c6ccc(-c7ccccc7)cc6)c6cccc(-c7cccc8c7oc7ccccc78)c6)ccc6ccc3c4c65)cc2)cc1. The zero-order chi connectivity index (χ0) is 99.1. The van der Waals surface area contributed by atoms with Crippen LogP contribution in [0.5, 0.6) is 0 Å². The number of furan rings is 4. The number of benzene rings is 26. The summed E-state index contributed by atoms with van der Waals surface area (Å²) in [6, 6.07) is 189. The molecule has 8 nitrogen and oxygen atoms in total. The Kier molecular flexibility index (Phi) is 20.6. The molecule has 0 saturated carbocycles. The van der Waals surface area contributed by atoms with Gasteiger partial charge < -0.3 is 37.3 Å². The van der Waals surface area contributed by atoms with Crippen molar-refractivity contribution in [3.63, 3.8) is 0 Å². The minimum Gasteiger partial charge on any atom is -0.455 e. The second-order valence-corrected chi connectivity index (χ2v) is 39.4. The molecule has 26 aromatic carbocycles. The second-order valence-electron chi connectivity index (χ2n) is 39.4. The van der Waals surface area contributed by atoms with Crippen LogP contribution in [0.2, 0.25) is 0 Å². The van der Waals surface area contributed by atoms with Crippen molar-refractivity contribution in [2.24, 2.45) is 0 Å². The van der Waals surface area contributed by atoms with Gasteiger partial charge in [-0.05, 0) is 258 Å². The van der Waals surface area contributed by atoms with Gasteiger partial charge in [-0.25, -0.2) is 0 Å². The molecule has 0 aliphatic rings. The van der Waals surface area contributed by atoms with E-state index < -0.39 is 0 Å². The second kappa shape index (κ2) is 35.6. The van der Waals surface area contributed by atoms with Crippen LogP contribution < -0.4 is 19.6 Å². The largest absolute Gasteiger partial charge is 0.455 e. The van der Waals surface area contributed by atoms with Crippen molar-refractivity contribution in [3.05, 3.63) is 533 Å². The molecule has 0 bridgehead atoms. The average Bonchev–Trinajstić information content (AvgIpc) is 0.959. The number of hydrogen-bond acceptors (Lipinski definition) is 8. The lowest BCUT2D eigenvalue weighted by Gasteiger charge is -2.30. The van der Waals surface area contributed by atoms with Gasteiger partial charge in [-0.1, -0.05) is 376 Å². The molecule has 0 N–H and O–H groups in total. The molecule has 0 amide bonds. The molecule has 30 aromatic rings. The predicted molar refractivity (Wildman–Crippen MR) is 630 cm³/mol. The molecular formula is C142H92N4O4. The first-order valence-electron chi connectivity index (χ1n) is 51.3. The molecule has 4 heterocycles. The molecule has 0 spiro atoms. The number of para-hydroxylation sites is 8. The number of anilines is 12. The Morgan fingerprint density at radius 2 is 0.353 bits per heavy atom. The molecular weight excluding hydrogens is 1830 g/mol. The van der Waals surface area contributed by atoms with E-state index in [1.165, 1.54) is 87.2 Å². The van der Waals surface area contributed by atoms with Crippen molar-refractivity contribution < 1.29 is 17.7 Å². The van der Waals surface area contributed by atoms with Crippen LogP contribution in [-0.4, -0.2) is 0 Å². The zero-order valence-corrected chi connectivity index (χ0v) is 82.1. The highest BCUT2D eigenvalue weighted by atomic mass is 16.3. The minimum absolute atomic E-state index is 0.887. The summed E-state index contributed by atoms with van der Waals surface area (Å²) < 4.78 is 26.4. The first-order valence-corrected chi connectivity index (χ1v) is 51.3. The smallest absolute Gasteiger partial charge is 0.143 e. The summed E-state index contributed by atoms with van der Waals surface area (Å²) in [4.78, 5) is 9.71.